The van der Waals surface area contributed by atoms with Crippen molar-refractivity contribution >= 4 is 77.1 Å². The Labute approximate surface area is 496 Å². The average Bonchev–Trinajstić information content (AvgIpc) is 1.89. The van der Waals surface area contributed by atoms with E-state index in [1.807, 2.05) is 0 Å². The molecular formula is C81H64N4. The molecule has 13 aromatic rings. The third-order valence-corrected chi connectivity index (χ3v) is 20.7. The highest BCUT2D eigenvalue weighted by Crippen LogP contribution is 2.57. The first kappa shape index (κ1) is 48.8. The predicted octanol–water partition coefficient (Wildman–Crippen LogP) is 21.0. The number of aromatic nitrogens is 3. The van der Waals surface area contributed by atoms with Crippen LogP contribution in [0.1, 0.15) is 93.5 Å². The fraction of sp³-hybridized carbons (Fsp3) is 0.160. The van der Waals surface area contributed by atoms with Crippen molar-refractivity contribution in [3.63, 3.8) is 0 Å². The number of hydrogen-bond acceptors (Lipinski definition) is 1. The van der Waals surface area contributed by atoms with Crippen LogP contribution in [0.15, 0.2) is 242 Å². The van der Waals surface area contributed by atoms with E-state index in [2.05, 4.69) is 297 Å². The number of fused-ring (bicyclic) bond motifs is 15. The van der Waals surface area contributed by atoms with Crippen molar-refractivity contribution < 1.29 is 0 Å². The van der Waals surface area contributed by atoms with Gasteiger partial charge in [-0.15, -0.1) is 0 Å². The first-order valence-corrected chi connectivity index (χ1v) is 30.7. The van der Waals surface area contributed by atoms with Crippen LogP contribution in [0.5, 0.6) is 0 Å². The zero-order chi connectivity index (χ0) is 56.8. The first-order chi connectivity index (χ1) is 41.4. The lowest BCUT2D eigenvalue weighted by molar-refractivity contribution is 0.630. The number of rotatable bonds is 6. The Morgan fingerprint density at radius 1 is 0.388 bits per heavy atom. The fourth-order valence-corrected chi connectivity index (χ4v) is 16.4. The zero-order valence-electron chi connectivity index (χ0n) is 49.0. The molecule has 0 radical (unpaired) electrons. The summed E-state index contributed by atoms with van der Waals surface area (Å²) in [5.41, 5.74) is 29.8. The Kier molecular flexibility index (Phi) is 9.91. The third-order valence-electron chi connectivity index (χ3n) is 20.7. The highest BCUT2D eigenvalue weighted by atomic mass is 15.2. The molecule has 10 aromatic carbocycles. The summed E-state index contributed by atoms with van der Waals surface area (Å²) in [6, 6.07) is 81.1. The van der Waals surface area contributed by atoms with E-state index >= 15 is 0 Å². The lowest BCUT2D eigenvalue weighted by atomic mass is 9.68. The monoisotopic (exact) mass is 1090 g/mol. The summed E-state index contributed by atoms with van der Waals surface area (Å²) in [6.45, 7) is 14.8. The molecule has 0 fully saturated rings. The number of nitrogens with zero attached hydrogens (tertiary/aromatic N) is 4. The van der Waals surface area contributed by atoms with Crippen molar-refractivity contribution in [2.24, 2.45) is 5.92 Å². The summed E-state index contributed by atoms with van der Waals surface area (Å²) < 4.78 is 7.74. The minimum absolute atomic E-state index is 0.314. The van der Waals surface area contributed by atoms with E-state index in [9.17, 15) is 0 Å². The number of benzene rings is 10. The summed E-state index contributed by atoms with van der Waals surface area (Å²) in [5, 5.41) is 6.52. The second-order valence-electron chi connectivity index (χ2n) is 26.3. The molecule has 85 heavy (non-hydrogen) atoms. The molecule has 0 bridgehead atoms. The molecule has 4 nitrogen and oxygen atoms in total. The molecule has 0 N–H and O–H groups in total. The molecule has 3 aliphatic heterocycles. The van der Waals surface area contributed by atoms with Gasteiger partial charge in [-0.25, -0.2) is 0 Å². The molecule has 4 heteroatoms. The molecular weight excluding hydrogens is 1030 g/mol. The molecule has 408 valence electrons. The van der Waals surface area contributed by atoms with E-state index in [1.54, 1.807) is 0 Å². The van der Waals surface area contributed by atoms with Crippen molar-refractivity contribution in [1.82, 2.24) is 13.7 Å². The van der Waals surface area contributed by atoms with Gasteiger partial charge in [-0.05, 0) is 183 Å². The van der Waals surface area contributed by atoms with Crippen LogP contribution < -0.4 is 4.90 Å². The normalized spacial score (nSPS) is 17.2. The Hall–Kier alpha value is -9.64. The number of anilines is 3. The van der Waals surface area contributed by atoms with E-state index in [4.69, 9.17) is 0 Å². The minimum Gasteiger partial charge on any atom is -0.310 e. The first-order valence-electron chi connectivity index (χ1n) is 30.7. The van der Waals surface area contributed by atoms with Crippen LogP contribution in [0.4, 0.5) is 17.1 Å². The number of hydrogen-bond donors (Lipinski definition) is 0. The van der Waals surface area contributed by atoms with Gasteiger partial charge in [0.2, 0.25) is 0 Å². The van der Waals surface area contributed by atoms with Crippen molar-refractivity contribution in [2.45, 2.75) is 77.0 Å². The van der Waals surface area contributed by atoms with Crippen LogP contribution >= 0.6 is 0 Å². The third kappa shape index (κ3) is 6.63. The van der Waals surface area contributed by atoms with Gasteiger partial charge in [-0.3, -0.25) is 0 Å². The summed E-state index contributed by atoms with van der Waals surface area (Å²) in [7, 11) is 0. The minimum atomic E-state index is -0.363. The van der Waals surface area contributed by atoms with Crippen LogP contribution in [0, 0.1) is 5.92 Å². The van der Waals surface area contributed by atoms with Gasteiger partial charge in [-0.2, -0.15) is 0 Å². The Balaban J connectivity index is 0.884. The highest BCUT2D eigenvalue weighted by Gasteiger charge is 2.44. The Morgan fingerprint density at radius 3 is 1.33 bits per heavy atom. The van der Waals surface area contributed by atoms with Crippen molar-refractivity contribution in [3.05, 3.63) is 281 Å². The highest BCUT2D eigenvalue weighted by molar-refractivity contribution is 6.14. The van der Waals surface area contributed by atoms with Gasteiger partial charge in [0.05, 0.1) is 50.3 Å². The van der Waals surface area contributed by atoms with E-state index in [0.717, 1.165) is 36.3 Å². The lowest BCUT2D eigenvalue weighted by Gasteiger charge is -2.41. The molecule has 3 aromatic heterocycles. The number of para-hydroxylation sites is 3. The predicted molar refractivity (Wildman–Crippen MR) is 356 cm³/mol. The second kappa shape index (κ2) is 17.2. The van der Waals surface area contributed by atoms with Crippen LogP contribution in [0.25, 0.3) is 99.4 Å². The van der Waals surface area contributed by atoms with Crippen molar-refractivity contribution in [3.8, 4) is 39.3 Å². The molecule has 1 atom stereocenters. The lowest BCUT2D eigenvalue weighted by Crippen LogP contribution is -2.31. The molecule has 6 heterocycles. The topological polar surface area (TPSA) is 18.0 Å². The standard InChI is InChI=1S/C81H64N4/c1-79(2)64-46-55(34-37-73(64)83-70-31-19-16-28-58(70)61-40-52(43-67(79)76(61)83)49-22-10-7-11-23-49)82(56-35-38-74-65(47-56)80(3,4)68-44-53(50-24-12-8-13-25-50)41-62-59-29-17-20-32-71(59)84(74)77(62)68)57-36-39-75-66(48-57)81(5,6)69-45-54(51-26-14-9-15-27-51)42-63-60-30-18-21-33-72(60)85(75)78(63)69/h7-8,10-14,16-41,43-48,54H,9,15,42H2,1-6H3. The van der Waals surface area contributed by atoms with Gasteiger partial charge in [-0.1, -0.05) is 181 Å². The summed E-state index contributed by atoms with van der Waals surface area (Å²) in [5.74, 6) is 0.316. The van der Waals surface area contributed by atoms with E-state index < -0.39 is 0 Å². The van der Waals surface area contributed by atoms with Gasteiger partial charge < -0.3 is 18.6 Å². The second-order valence-corrected chi connectivity index (χ2v) is 26.3. The van der Waals surface area contributed by atoms with Gasteiger partial charge in [0.1, 0.15) is 0 Å². The van der Waals surface area contributed by atoms with E-state index in [1.165, 1.54) is 144 Å². The van der Waals surface area contributed by atoms with Crippen LogP contribution in [-0.2, 0) is 22.7 Å². The largest absolute Gasteiger partial charge is 0.310 e. The Morgan fingerprint density at radius 2 is 0.835 bits per heavy atom. The molecule has 0 amide bonds. The maximum atomic E-state index is 2.65. The van der Waals surface area contributed by atoms with Crippen LogP contribution in [0.2, 0.25) is 0 Å². The fourth-order valence-electron chi connectivity index (χ4n) is 16.4. The van der Waals surface area contributed by atoms with Gasteiger partial charge in [0.15, 0.2) is 0 Å². The zero-order valence-corrected chi connectivity index (χ0v) is 49.0. The summed E-state index contributed by atoms with van der Waals surface area (Å²) >= 11 is 0. The number of allylic oxidation sites excluding steroid dienone is 6. The molecule has 0 saturated heterocycles. The molecule has 18 rings (SSSR count). The van der Waals surface area contributed by atoms with Gasteiger partial charge in [0.25, 0.3) is 0 Å². The molecule has 5 aliphatic rings. The van der Waals surface area contributed by atoms with Crippen LogP contribution in [0.3, 0.4) is 0 Å². The SMILES string of the molecule is CC1(C)C2=CC(C3=CCCC=C3)Cc3c2n(c2ccccc32)-c2ccc(N(c3ccc4c(c3)C(C)(C)c3cc(-c5ccccc5)cc5c6ccccc6n-4c35)c3ccc4c(c3)C(C)(C)c3cc(-c5ccccc5)cc5c6ccccc6n-4c35)cc21. The molecule has 0 spiro atoms. The smallest absolute Gasteiger partial charge is 0.0582 e. The van der Waals surface area contributed by atoms with Gasteiger partial charge in [0, 0.05) is 66.2 Å². The van der Waals surface area contributed by atoms with Crippen molar-refractivity contribution in [2.75, 3.05) is 4.90 Å². The average molecular weight is 1090 g/mol. The Bertz CT molecular complexity index is 4950. The summed E-state index contributed by atoms with van der Waals surface area (Å²) in [4.78, 5) is 2.59. The maximum Gasteiger partial charge on any atom is 0.0582 e. The van der Waals surface area contributed by atoms with Crippen molar-refractivity contribution in [1.29, 1.82) is 0 Å². The molecule has 1 unspecified atom stereocenters. The quantitative estimate of drug-likeness (QED) is 0.162. The summed E-state index contributed by atoms with van der Waals surface area (Å²) in [6.07, 6.45) is 13.2. The van der Waals surface area contributed by atoms with E-state index in [-0.39, 0.29) is 16.2 Å². The molecule has 0 saturated carbocycles. The van der Waals surface area contributed by atoms with E-state index in [0.29, 0.717) is 5.92 Å². The van der Waals surface area contributed by atoms with Gasteiger partial charge >= 0.3 is 0 Å². The molecule has 2 aliphatic carbocycles. The maximum absolute atomic E-state index is 2.65. The van der Waals surface area contributed by atoms with Crippen LogP contribution in [-0.4, -0.2) is 13.7 Å².